The summed E-state index contributed by atoms with van der Waals surface area (Å²) in [5.74, 6) is -3.11. The van der Waals surface area contributed by atoms with Crippen molar-refractivity contribution in [2.24, 2.45) is 17.8 Å². The molecule has 0 radical (unpaired) electrons. The molecule has 0 amide bonds. The van der Waals surface area contributed by atoms with E-state index in [4.69, 9.17) is 29.7 Å². The van der Waals surface area contributed by atoms with E-state index in [1.807, 2.05) is 45.1 Å². The maximum Gasteiger partial charge on any atom is 2.00 e. The van der Waals surface area contributed by atoms with Gasteiger partial charge in [-0.15, -0.1) is 33.5 Å². The van der Waals surface area contributed by atoms with Gasteiger partial charge in [0.1, 0.15) is 12.5 Å². The van der Waals surface area contributed by atoms with Crippen LogP contribution in [0.15, 0.2) is 30.6 Å². The fourth-order valence-electron chi connectivity index (χ4n) is 7.15. The molecule has 1 fully saturated rings. The zero-order valence-electron chi connectivity index (χ0n) is 28.4. The second-order valence-corrected chi connectivity index (χ2v) is 12.3. The third kappa shape index (κ3) is 5.64. The van der Waals surface area contributed by atoms with Gasteiger partial charge in [-0.2, -0.15) is 11.4 Å². The van der Waals surface area contributed by atoms with Gasteiger partial charge >= 0.3 is 35.0 Å². The van der Waals surface area contributed by atoms with E-state index in [9.17, 15) is 14.4 Å². The molecule has 10 heteroatoms. The predicted octanol–water partition coefficient (Wildman–Crippen LogP) is 4.17. The first-order valence-electron chi connectivity index (χ1n) is 15.9. The van der Waals surface area contributed by atoms with E-state index in [2.05, 4.69) is 27.0 Å². The van der Waals surface area contributed by atoms with Crippen LogP contribution in [0, 0.1) is 38.5 Å². The molecule has 0 N–H and O–H groups in total. The van der Waals surface area contributed by atoms with Crippen molar-refractivity contribution in [3.05, 3.63) is 103 Å². The molecule has 6 rings (SSSR count). The Balaban J connectivity index is 0.00000451. The molecule has 3 aromatic rings. The van der Waals surface area contributed by atoms with Crippen molar-refractivity contribution in [1.82, 2.24) is 15.0 Å². The summed E-state index contributed by atoms with van der Waals surface area (Å²) < 4.78 is 10.4. The minimum Gasteiger partial charge on any atom is -0.664 e. The van der Waals surface area contributed by atoms with Crippen LogP contribution in [0.4, 0.5) is 0 Å². The largest absolute Gasteiger partial charge is 2.00 e. The molecular weight excluding hydrogens is 617 g/mol. The van der Waals surface area contributed by atoms with Crippen LogP contribution < -0.4 is 25.7 Å². The standard InChI is InChI=1S/C38H39N4O5.Mg/c1-9-14-47-31(43)13-12-24-20(6)27-15-25-18(4)22(10-2)29(39-25)16-26-19(5)23(11-3)30(40-26)17-28-21(7)32-36(42-28)33(35(24)41-27)34(37(32)44)38(45)46-8;/h9-10,15-17,20,24,34H,1-2,11-14H2,3-8H3,(H-,41,42,44);/q-3;+2/p-1/b26-16-,27-15-,30-17-;/t20-,24-,34+;/m0./s1. The number of fused-ring (bicyclic) bond motifs is 7. The van der Waals surface area contributed by atoms with Crippen LogP contribution in [0.3, 0.4) is 0 Å². The smallest absolute Gasteiger partial charge is 0.664 e. The van der Waals surface area contributed by atoms with Gasteiger partial charge in [0.15, 0.2) is 5.78 Å². The number of nitrogens with zero attached hydrogens (tertiary/aromatic N) is 4. The van der Waals surface area contributed by atoms with Crippen LogP contribution in [0.5, 0.6) is 0 Å². The number of carbonyl (C=O) groups excluding carboxylic acids is 3. The van der Waals surface area contributed by atoms with E-state index < -0.39 is 11.9 Å². The van der Waals surface area contributed by atoms with Crippen LogP contribution in [-0.2, 0) is 25.5 Å². The monoisotopic (exact) mass is 654 g/mol. The minimum atomic E-state index is -1.21. The molecule has 0 spiro atoms. The quantitative estimate of drug-likeness (QED) is 0.153. The van der Waals surface area contributed by atoms with E-state index in [0.717, 1.165) is 56.5 Å². The molecule has 8 bridgehead atoms. The van der Waals surface area contributed by atoms with Crippen LogP contribution in [0.1, 0.15) is 87.6 Å². The van der Waals surface area contributed by atoms with Gasteiger partial charge in [-0.3, -0.25) is 14.4 Å². The predicted molar refractivity (Wildman–Crippen MR) is 186 cm³/mol. The number of carbonyl (C=O) groups is 3. The number of rotatable bonds is 8. The summed E-state index contributed by atoms with van der Waals surface area (Å²) >= 11 is 0. The third-order valence-corrected chi connectivity index (χ3v) is 9.77. The molecule has 1 saturated heterocycles. The first kappa shape index (κ1) is 35.0. The van der Waals surface area contributed by atoms with E-state index in [0.29, 0.717) is 40.2 Å². The summed E-state index contributed by atoms with van der Waals surface area (Å²) in [4.78, 5) is 55.1. The van der Waals surface area contributed by atoms with Crippen molar-refractivity contribution < 1.29 is 23.9 Å². The SMILES string of the molecule is C=CCOC(=O)CC[C@@H]1/C2=C3/c4[n-]c(c(C)c4C(=O)[C@@H]3C(=O)OC)/C=c3\[n-]/c(c(C)c3CC)=C\c3[n-]c(c(C)c3C=C)/C=C(\[N-]2)[C@H]1C.[Mg+2]. The molecule has 3 aliphatic rings. The fraction of sp³-hybridized carbons (Fsp3) is 0.342. The first-order chi connectivity index (χ1) is 22.5. The van der Waals surface area contributed by atoms with Crippen molar-refractivity contribution in [3.8, 4) is 0 Å². The van der Waals surface area contributed by atoms with Gasteiger partial charge in [0.2, 0.25) is 0 Å². The van der Waals surface area contributed by atoms with Gasteiger partial charge in [-0.05, 0) is 51.0 Å². The number of ketones is 1. The van der Waals surface area contributed by atoms with E-state index in [1.165, 1.54) is 13.2 Å². The van der Waals surface area contributed by atoms with Crippen LogP contribution >= 0.6 is 0 Å². The minimum absolute atomic E-state index is 0. The average Bonchev–Trinajstić information content (AvgIpc) is 3.79. The zero-order valence-corrected chi connectivity index (χ0v) is 29.8. The van der Waals surface area contributed by atoms with Gasteiger partial charge in [0.25, 0.3) is 0 Å². The normalized spacial score (nSPS) is 23.1. The second kappa shape index (κ2) is 13.7. The summed E-state index contributed by atoms with van der Waals surface area (Å²) in [6.45, 7) is 17.8. The van der Waals surface area contributed by atoms with Crippen molar-refractivity contribution in [2.45, 2.75) is 53.9 Å². The van der Waals surface area contributed by atoms with E-state index in [1.54, 1.807) is 0 Å². The number of esters is 2. The number of allylic oxidation sites excluding steroid dienone is 2. The third-order valence-electron chi connectivity index (χ3n) is 9.77. The molecule has 0 saturated carbocycles. The van der Waals surface area contributed by atoms with Gasteiger partial charge in [0, 0.05) is 12.0 Å². The van der Waals surface area contributed by atoms with Crippen molar-refractivity contribution in [3.63, 3.8) is 0 Å². The molecule has 3 aromatic heterocycles. The summed E-state index contributed by atoms with van der Waals surface area (Å²) in [6.07, 6.45) is 10.5. The second-order valence-electron chi connectivity index (χ2n) is 12.3. The molecule has 48 heavy (non-hydrogen) atoms. The molecule has 0 unspecified atom stereocenters. The van der Waals surface area contributed by atoms with Gasteiger partial charge in [-0.1, -0.05) is 85.2 Å². The summed E-state index contributed by atoms with van der Waals surface area (Å²) in [7, 11) is 1.27. The summed E-state index contributed by atoms with van der Waals surface area (Å²) in [5.41, 5.74) is 9.31. The molecule has 9 nitrogen and oxygen atoms in total. The summed E-state index contributed by atoms with van der Waals surface area (Å²) in [5, 5.41) is 6.71. The maximum atomic E-state index is 14.1. The topological polar surface area (TPSA) is 126 Å². The van der Waals surface area contributed by atoms with Gasteiger partial charge < -0.3 is 29.7 Å². The number of hydrogen-bond donors (Lipinski definition) is 0. The van der Waals surface area contributed by atoms with Crippen molar-refractivity contribution in [1.29, 1.82) is 0 Å². The molecular formula is C38H38MgN4O5-2. The molecule has 2 aliphatic heterocycles. The molecule has 1 aliphatic carbocycles. The maximum absolute atomic E-state index is 14.1. The van der Waals surface area contributed by atoms with Crippen molar-refractivity contribution >= 4 is 70.7 Å². The van der Waals surface area contributed by atoms with Gasteiger partial charge in [-0.25, -0.2) is 0 Å². The Morgan fingerprint density at radius 1 is 0.958 bits per heavy atom. The first-order valence-corrected chi connectivity index (χ1v) is 15.9. The number of hydrogen-bond acceptors (Lipinski definition) is 5. The number of ether oxygens (including phenoxy) is 2. The van der Waals surface area contributed by atoms with Crippen LogP contribution in [0.2, 0.25) is 0 Å². The Kier molecular flexibility index (Phi) is 9.98. The number of Topliss-reactive ketones (excluding diaryl/α,β-unsaturated/α-hetero) is 1. The molecule has 3 atom stereocenters. The average molecular weight is 655 g/mol. The van der Waals surface area contributed by atoms with Crippen molar-refractivity contribution in [2.75, 3.05) is 13.7 Å². The Labute approximate surface area is 296 Å². The Hall–Kier alpha value is -4.28. The zero-order chi connectivity index (χ0) is 33.7. The van der Waals surface area contributed by atoms with Gasteiger partial charge in [0.05, 0.1) is 7.11 Å². The van der Waals surface area contributed by atoms with E-state index >= 15 is 0 Å². The fourth-order valence-corrected chi connectivity index (χ4v) is 7.15. The molecule has 0 aromatic carbocycles. The number of methoxy groups -OCH3 is 1. The summed E-state index contributed by atoms with van der Waals surface area (Å²) in [6, 6.07) is 0. The Morgan fingerprint density at radius 2 is 1.67 bits per heavy atom. The molecule has 5 heterocycles. The Morgan fingerprint density at radius 3 is 2.33 bits per heavy atom. The van der Waals surface area contributed by atoms with E-state index in [-0.39, 0.29) is 59.7 Å². The van der Waals surface area contributed by atoms with Crippen LogP contribution in [0.25, 0.3) is 35.2 Å². The Bertz CT molecular complexity index is 2050. The number of aromatic nitrogens is 3. The van der Waals surface area contributed by atoms with Crippen LogP contribution in [-0.4, -0.2) is 54.5 Å². The molecule has 244 valence electrons.